The summed E-state index contributed by atoms with van der Waals surface area (Å²) in [6, 6.07) is 29.0. The summed E-state index contributed by atoms with van der Waals surface area (Å²) < 4.78 is 0. The minimum atomic E-state index is -1.21. The standard InChI is InChI=1S/C41H41N3O4/c1-26-19-27(2)37(28(3)20-26)42-40(48)41(18-17-32-21-30-13-7-8-14-31(30)22-33(32)23-41)44(24-29-11-5-4-6-12-29)36(45)25-43-38(46)34-15-9-10-16-35(34)39(43)47/h4-16,19-20,32-33H,17-18,21-25H2,1-3H3,(H,42,48)/t32-,33-,41-/m0/s1. The lowest BCUT2D eigenvalue weighted by Gasteiger charge is -2.51. The van der Waals surface area contributed by atoms with Crippen LogP contribution in [0.25, 0.3) is 0 Å². The monoisotopic (exact) mass is 639 g/mol. The number of amides is 4. The lowest BCUT2D eigenvalue weighted by atomic mass is 9.62. The highest BCUT2D eigenvalue weighted by molar-refractivity contribution is 6.22. The molecule has 0 spiro atoms. The maximum absolute atomic E-state index is 15.0. The summed E-state index contributed by atoms with van der Waals surface area (Å²) in [5.41, 5.74) is 6.72. The molecule has 0 bridgehead atoms. The molecule has 1 N–H and O–H groups in total. The predicted molar refractivity (Wildman–Crippen MR) is 185 cm³/mol. The molecule has 0 unspecified atom stereocenters. The van der Waals surface area contributed by atoms with E-state index in [0.29, 0.717) is 29.9 Å². The van der Waals surface area contributed by atoms with Gasteiger partial charge in [-0.1, -0.05) is 84.4 Å². The van der Waals surface area contributed by atoms with E-state index in [1.165, 1.54) is 11.1 Å². The van der Waals surface area contributed by atoms with Crippen LogP contribution in [0.1, 0.15) is 73.4 Å². The molecule has 4 amide bonds. The molecule has 7 heteroatoms. The molecule has 1 saturated carbocycles. The van der Waals surface area contributed by atoms with Gasteiger partial charge in [0.2, 0.25) is 11.8 Å². The Kier molecular flexibility index (Phi) is 8.24. The smallest absolute Gasteiger partial charge is 0.262 e. The van der Waals surface area contributed by atoms with Crippen LogP contribution >= 0.6 is 0 Å². The Morgan fingerprint density at radius 1 is 0.792 bits per heavy atom. The van der Waals surface area contributed by atoms with Crippen LogP contribution in [-0.4, -0.2) is 45.5 Å². The van der Waals surface area contributed by atoms with Gasteiger partial charge in [0.25, 0.3) is 11.8 Å². The van der Waals surface area contributed by atoms with Crippen LogP contribution in [0.2, 0.25) is 0 Å². The number of fused-ring (bicyclic) bond motifs is 3. The molecular weight excluding hydrogens is 598 g/mol. The van der Waals surface area contributed by atoms with Gasteiger partial charge in [-0.05, 0) is 105 Å². The maximum Gasteiger partial charge on any atom is 0.262 e. The van der Waals surface area contributed by atoms with Gasteiger partial charge < -0.3 is 10.2 Å². The Bertz CT molecular complexity index is 1880. The molecule has 1 heterocycles. The van der Waals surface area contributed by atoms with Gasteiger partial charge in [-0.15, -0.1) is 0 Å². The topological polar surface area (TPSA) is 86.8 Å². The number of hydrogen-bond acceptors (Lipinski definition) is 4. The lowest BCUT2D eigenvalue weighted by Crippen LogP contribution is -2.63. The van der Waals surface area contributed by atoms with Crippen LogP contribution in [0, 0.1) is 32.6 Å². The first-order chi connectivity index (χ1) is 23.1. The second-order valence-corrected chi connectivity index (χ2v) is 13.9. The second kappa shape index (κ2) is 12.5. The van der Waals surface area contributed by atoms with Crippen molar-refractivity contribution < 1.29 is 19.2 Å². The average Bonchev–Trinajstić information content (AvgIpc) is 3.32. The molecule has 7 nitrogen and oxygen atoms in total. The summed E-state index contributed by atoms with van der Waals surface area (Å²) in [5.74, 6) is -1.03. The van der Waals surface area contributed by atoms with Crippen molar-refractivity contribution in [3.63, 3.8) is 0 Å². The molecule has 0 saturated heterocycles. The number of anilines is 1. The molecule has 3 atom stereocenters. The highest BCUT2D eigenvalue weighted by atomic mass is 16.2. The van der Waals surface area contributed by atoms with E-state index < -0.39 is 29.8 Å². The van der Waals surface area contributed by atoms with Crippen molar-refractivity contribution in [1.82, 2.24) is 9.80 Å². The molecule has 0 aromatic heterocycles. The van der Waals surface area contributed by atoms with E-state index in [1.54, 1.807) is 29.2 Å². The third kappa shape index (κ3) is 5.61. The quantitative estimate of drug-likeness (QED) is 0.225. The number of carbonyl (C=O) groups is 4. The zero-order chi connectivity index (χ0) is 33.6. The number of carbonyl (C=O) groups excluding carboxylic acids is 4. The van der Waals surface area contributed by atoms with Gasteiger partial charge in [-0.2, -0.15) is 0 Å². The fourth-order valence-corrected chi connectivity index (χ4v) is 8.42. The predicted octanol–water partition coefficient (Wildman–Crippen LogP) is 6.83. The second-order valence-electron chi connectivity index (χ2n) is 13.9. The molecule has 244 valence electrons. The number of aryl methyl sites for hydroxylation is 3. The summed E-state index contributed by atoms with van der Waals surface area (Å²) in [7, 11) is 0. The van der Waals surface area contributed by atoms with Crippen molar-refractivity contribution in [2.75, 3.05) is 11.9 Å². The number of benzene rings is 4. The van der Waals surface area contributed by atoms with E-state index in [2.05, 4.69) is 41.7 Å². The Morgan fingerprint density at radius 3 is 1.98 bits per heavy atom. The zero-order valence-corrected chi connectivity index (χ0v) is 27.8. The minimum absolute atomic E-state index is 0.177. The molecule has 2 aliphatic carbocycles. The summed E-state index contributed by atoms with van der Waals surface area (Å²) in [6.07, 6.45) is 3.54. The molecule has 7 rings (SSSR count). The number of nitrogens with zero attached hydrogens (tertiary/aromatic N) is 2. The van der Waals surface area contributed by atoms with E-state index in [1.807, 2.05) is 51.1 Å². The van der Waals surface area contributed by atoms with Gasteiger partial charge in [0, 0.05) is 12.2 Å². The van der Waals surface area contributed by atoms with Crippen molar-refractivity contribution in [3.8, 4) is 0 Å². The van der Waals surface area contributed by atoms with Crippen LogP contribution in [0.3, 0.4) is 0 Å². The first-order valence-corrected chi connectivity index (χ1v) is 16.9. The van der Waals surface area contributed by atoms with Gasteiger partial charge >= 0.3 is 0 Å². The summed E-state index contributed by atoms with van der Waals surface area (Å²) in [6.45, 7) is 5.76. The Hall–Kier alpha value is -5.04. The molecule has 4 aromatic carbocycles. The van der Waals surface area contributed by atoms with Gasteiger partial charge in [0.15, 0.2) is 0 Å². The Morgan fingerprint density at radius 2 is 1.35 bits per heavy atom. The number of hydrogen-bond donors (Lipinski definition) is 1. The van der Waals surface area contributed by atoms with Crippen LogP contribution in [0.4, 0.5) is 5.69 Å². The van der Waals surface area contributed by atoms with Crippen molar-refractivity contribution in [2.24, 2.45) is 11.8 Å². The molecule has 4 aromatic rings. The van der Waals surface area contributed by atoms with E-state index >= 15 is 4.79 Å². The van der Waals surface area contributed by atoms with Gasteiger partial charge in [0.05, 0.1) is 11.1 Å². The average molecular weight is 640 g/mol. The Labute approximate surface area is 282 Å². The highest BCUT2D eigenvalue weighted by Gasteiger charge is 2.53. The van der Waals surface area contributed by atoms with Crippen molar-refractivity contribution in [2.45, 2.75) is 65.0 Å². The van der Waals surface area contributed by atoms with Crippen LogP contribution in [0.15, 0.2) is 91.0 Å². The maximum atomic E-state index is 15.0. The van der Waals surface area contributed by atoms with Crippen LogP contribution in [0.5, 0.6) is 0 Å². The lowest BCUT2D eigenvalue weighted by molar-refractivity contribution is -0.151. The van der Waals surface area contributed by atoms with Gasteiger partial charge in [-0.25, -0.2) is 0 Å². The SMILES string of the molecule is Cc1cc(C)c(NC(=O)[C@]2(N(Cc3ccccc3)C(=O)CN3C(=O)c4ccccc4C3=O)CC[C@H]3Cc4ccccc4C[C@H]3C2)c(C)c1. The largest absolute Gasteiger partial charge is 0.324 e. The van der Waals surface area contributed by atoms with Gasteiger partial charge in [0.1, 0.15) is 12.1 Å². The summed E-state index contributed by atoms with van der Waals surface area (Å²) in [4.78, 5) is 59.3. The van der Waals surface area contributed by atoms with Crippen LogP contribution in [-0.2, 0) is 29.0 Å². The third-order valence-corrected chi connectivity index (χ3v) is 10.8. The fraction of sp³-hybridized carbons (Fsp3) is 0.317. The fourth-order valence-electron chi connectivity index (χ4n) is 8.42. The van der Waals surface area contributed by atoms with Crippen molar-refractivity contribution >= 4 is 29.3 Å². The Balaban J connectivity index is 1.30. The molecule has 1 aliphatic heterocycles. The zero-order valence-electron chi connectivity index (χ0n) is 27.8. The summed E-state index contributed by atoms with van der Waals surface area (Å²) in [5, 5.41) is 3.30. The third-order valence-electron chi connectivity index (χ3n) is 10.8. The summed E-state index contributed by atoms with van der Waals surface area (Å²) >= 11 is 0. The molecular formula is C41H41N3O4. The first-order valence-electron chi connectivity index (χ1n) is 16.9. The van der Waals surface area contributed by atoms with Crippen LogP contribution < -0.4 is 5.32 Å². The van der Waals surface area contributed by atoms with Gasteiger partial charge in [-0.3, -0.25) is 24.1 Å². The number of rotatable bonds is 7. The molecule has 48 heavy (non-hydrogen) atoms. The van der Waals surface area contributed by atoms with Crippen molar-refractivity contribution in [3.05, 3.63) is 136 Å². The molecule has 3 aliphatic rings. The van der Waals surface area contributed by atoms with E-state index in [4.69, 9.17) is 0 Å². The first kappa shape index (κ1) is 31.6. The van der Waals surface area contributed by atoms with E-state index in [0.717, 1.165) is 52.1 Å². The van der Waals surface area contributed by atoms with E-state index in [-0.39, 0.29) is 18.4 Å². The number of imide groups is 1. The number of nitrogens with one attached hydrogen (secondary N) is 1. The molecule has 0 radical (unpaired) electrons. The van der Waals surface area contributed by atoms with E-state index in [9.17, 15) is 14.4 Å². The minimum Gasteiger partial charge on any atom is -0.324 e. The molecule has 1 fully saturated rings. The normalized spacial score (nSPS) is 21.3. The highest BCUT2D eigenvalue weighted by Crippen LogP contribution is 2.47. The van der Waals surface area contributed by atoms with Crippen molar-refractivity contribution in [1.29, 1.82) is 0 Å².